The van der Waals surface area contributed by atoms with E-state index in [4.69, 9.17) is 4.74 Å². The first-order valence-corrected chi connectivity index (χ1v) is 8.96. The Morgan fingerprint density at radius 1 is 1.48 bits per heavy atom. The molecule has 1 aromatic rings. The van der Waals surface area contributed by atoms with Crippen molar-refractivity contribution in [3.8, 4) is 0 Å². The van der Waals surface area contributed by atoms with Gasteiger partial charge in [-0.2, -0.15) is 0 Å². The minimum atomic E-state index is -0.498. The summed E-state index contributed by atoms with van der Waals surface area (Å²) in [6.45, 7) is 7.73. The smallest absolute Gasteiger partial charge is 0.407 e. The van der Waals surface area contributed by atoms with Crippen LogP contribution in [0.25, 0.3) is 0 Å². The Labute approximate surface area is 150 Å². The van der Waals surface area contributed by atoms with Crippen LogP contribution >= 0.6 is 22.6 Å². The average molecular weight is 434 g/mol. The highest BCUT2D eigenvalue weighted by atomic mass is 127. The molecule has 1 aromatic carbocycles. The first-order valence-electron chi connectivity index (χ1n) is 7.89. The Bertz CT molecular complexity index is 560. The largest absolute Gasteiger partial charge is 0.444 e. The molecule has 0 bridgehead atoms. The van der Waals surface area contributed by atoms with Gasteiger partial charge in [0.15, 0.2) is 0 Å². The third-order valence-corrected chi connectivity index (χ3v) is 4.30. The van der Waals surface area contributed by atoms with Crippen molar-refractivity contribution in [2.75, 3.05) is 13.1 Å². The summed E-state index contributed by atoms with van der Waals surface area (Å²) in [5.74, 6) is -0.173. The number of rotatable bonds is 3. The Balaban J connectivity index is 1.90. The zero-order valence-electron chi connectivity index (χ0n) is 13.9. The van der Waals surface area contributed by atoms with Gasteiger partial charge < -0.3 is 10.1 Å². The minimum Gasteiger partial charge on any atom is -0.444 e. The highest BCUT2D eigenvalue weighted by molar-refractivity contribution is 14.1. The second kappa shape index (κ2) is 7.79. The number of carbonyl (C=O) groups excluding carboxylic acids is 1. The summed E-state index contributed by atoms with van der Waals surface area (Å²) in [4.78, 5) is 14.1. The second-order valence-corrected chi connectivity index (χ2v) is 8.20. The van der Waals surface area contributed by atoms with Gasteiger partial charge in [-0.15, -0.1) is 0 Å². The van der Waals surface area contributed by atoms with E-state index >= 15 is 0 Å². The summed E-state index contributed by atoms with van der Waals surface area (Å²) >= 11 is 2.19. The van der Waals surface area contributed by atoms with Crippen molar-refractivity contribution in [3.63, 3.8) is 0 Å². The third-order valence-electron chi connectivity index (χ3n) is 3.63. The maximum Gasteiger partial charge on any atom is 0.407 e. The number of hydrogen-bond donors (Lipinski definition) is 1. The van der Waals surface area contributed by atoms with Crippen LogP contribution in [0.4, 0.5) is 9.18 Å². The molecule has 2 rings (SSSR count). The Morgan fingerprint density at radius 3 is 2.91 bits per heavy atom. The van der Waals surface area contributed by atoms with Crippen molar-refractivity contribution in [3.05, 3.63) is 33.1 Å². The normalized spacial score (nSPS) is 19.4. The molecule has 1 atom stereocenters. The number of nitrogens with zero attached hydrogens (tertiary/aromatic N) is 1. The van der Waals surface area contributed by atoms with Crippen LogP contribution in [0.15, 0.2) is 18.2 Å². The molecule has 0 aliphatic carbocycles. The second-order valence-electron chi connectivity index (χ2n) is 6.96. The molecule has 23 heavy (non-hydrogen) atoms. The molecular weight excluding hydrogens is 410 g/mol. The van der Waals surface area contributed by atoms with Crippen LogP contribution in [0.3, 0.4) is 0 Å². The van der Waals surface area contributed by atoms with Crippen LogP contribution in [0.2, 0.25) is 0 Å². The summed E-state index contributed by atoms with van der Waals surface area (Å²) in [6, 6.07) is 5.20. The lowest BCUT2D eigenvalue weighted by Gasteiger charge is -2.33. The van der Waals surface area contributed by atoms with Gasteiger partial charge in [0.1, 0.15) is 11.4 Å². The van der Waals surface area contributed by atoms with Crippen LogP contribution < -0.4 is 5.32 Å². The first-order chi connectivity index (χ1) is 10.7. The maximum absolute atomic E-state index is 13.9. The van der Waals surface area contributed by atoms with Crippen molar-refractivity contribution in [2.45, 2.75) is 51.8 Å². The topological polar surface area (TPSA) is 41.6 Å². The van der Waals surface area contributed by atoms with Crippen molar-refractivity contribution in [1.29, 1.82) is 0 Å². The average Bonchev–Trinajstić information content (AvgIpc) is 2.41. The fourth-order valence-corrected chi connectivity index (χ4v) is 3.25. The molecule has 1 aliphatic heterocycles. The molecule has 0 unspecified atom stereocenters. The standard InChI is InChI=1S/C17H24FIN2O2/c1-17(2,3)23-16(22)20-14-5-4-8-21(11-14)10-12-9-13(19)6-7-15(12)18/h6-7,9,14H,4-5,8,10-11H2,1-3H3,(H,20,22)/t14-/m0/s1. The molecule has 128 valence electrons. The molecule has 0 aromatic heterocycles. The van der Waals surface area contributed by atoms with Gasteiger partial charge in [0.25, 0.3) is 0 Å². The molecule has 4 nitrogen and oxygen atoms in total. The van der Waals surface area contributed by atoms with Crippen molar-refractivity contribution in [1.82, 2.24) is 10.2 Å². The minimum absolute atomic E-state index is 0.0458. The van der Waals surface area contributed by atoms with Crippen LogP contribution in [0.5, 0.6) is 0 Å². The third kappa shape index (κ3) is 6.25. The molecule has 1 N–H and O–H groups in total. The lowest BCUT2D eigenvalue weighted by Crippen LogP contribution is -2.48. The van der Waals surface area contributed by atoms with E-state index in [1.165, 1.54) is 6.07 Å². The number of likely N-dealkylation sites (tertiary alicyclic amines) is 1. The number of amides is 1. The number of ether oxygens (including phenoxy) is 1. The molecule has 1 fully saturated rings. The molecule has 0 saturated carbocycles. The molecular formula is C17H24FIN2O2. The Kier molecular flexibility index (Phi) is 6.25. The van der Waals surface area contributed by atoms with E-state index in [2.05, 4.69) is 32.8 Å². The quantitative estimate of drug-likeness (QED) is 0.734. The van der Waals surface area contributed by atoms with Gasteiger partial charge in [-0.25, -0.2) is 9.18 Å². The van der Waals surface area contributed by atoms with Gasteiger partial charge in [-0.1, -0.05) is 0 Å². The monoisotopic (exact) mass is 434 g/mol. The summed E-state index contributed by atoms with van der Waals surface area (Å²) in [5, 5.41) is 2.92. The zero-order chi connectivity index (χ0) is 17.0. The van der Waals surface area contributed by atoms with Crippen LogP contribution in [0, 0.1) is 9.39 Å². The van der Waals surface area contributed by atoms with Crippen LogP contribution in [-0.2, 0) is 11.3 Å². The molecule has 6 heteroatoms. The number of alkyl carbamates (subject to hydrolysis) is 1. The summed E-state index contributed by atoms with van der Waals surface area (Å²) in [7, 11) is 0. The predicted molar refractivity (Wildman–Crippen MR) is 96.8 cm³/mol. The maximum atomic E-state index is 13.9. The van der Waals surface area contributed by atoms with Crippen molar-refractivity contribution in [2.24, 2.45) is 0 Å². The van der Waals surface area contributed by atoms with E-state index in [-0.39, 0.29) is 18.0 Å². The molecule has 0 spiro atoms. The summed E-state index contributed by atoms with van der Waals surface area (Å²) in [5.41, 5.74) is 0.206. The van der Waals surface area contributed by atoms with E-state index < -0.39 is 5.60 Å². The summed E-state index contributed by atoms with van der Waals surface area (Å²) < 4.78 is 20.2. The first kappa shape index (κ1) is 18.4. The number of hydrogen-bond acceptors (Lipinski definition) is 3. The SMILES string of the molecule is CC(C)(C)OC(=O)N[C@H]1CCCN(Cc2cc(I)ccc2F)C1. The van der Waals surface area contributed by atoms with Gasteiger partial charge in [-0.3, -0.25) is 4.90 Å². The van der Waals surface area contributed by atoms with Crippen molar-refractivity contribution < 1.29 is 13.9 Å². The number of halogens is 2. The Hall–Kier alpha value is -0.890. The number of carbonyl (C=O) groups is 1. The van der Waals surface area contributed by atoms with E-state index in [9.17, 15) is 9.18 Å². The molecule has 1 saturated heterocycles. The van der Waals surface area contributed by atoms with Gasteiger partial charge in [0, 0.05) is 28.3 Å². The molecule has 1 heterocycles. The van der Waals surface area contributed by atoms with Gasteiger partial charge in [0.2, 0.25) is 0 Å². The van der Waals surface area contributed by atoms with E-state index in [1.807, 2.05) is 26.8 Å². The van der Waals surface area contributed by atoms with E-state index in [0.717, 1.165) is 23.0 Å². The van der Waals surface area contributed by atoms with Gasteiger partial charge in [0.05, 0.1) is 0 Å². The number of nitrogens with one attached hydrogen (secondary N) is 1. The fourth-order valence-electron chi connectivity index (χ4n) is 2.70. The van der Waals surface area contributed by atoms with E-state index in [1.54, 1.807) is 6.07 Å². The van der Waals surface area contributed by atoms with Crippen LogP contribution in [0.1, 0.15) is 39.2 Å². The molecule has 1 aliphatic rings. The van der Waals surface area contributed by atoms with E-state index in [0.29, 0.717) is 18.7 Å². The van der Waals surface area contributed by atoms with Crippen molar-refractivity contribution >= 4 is 28.7 Å². The highest BCUT2D eigenvalue weighted by Gasteiger charge is 2.24. The lowest BCUT2D eigenvalue weighted by atomic mass is 10.0. The molecule has 1 amide bonds. The van der Waals surface area contributed by atoms with Gasteiger partial charge >= 0.3 is 6.09 Å². The van der Waals surface area contributed by atoms with Gasteiger partial charge in [-0.05, 0) is 80.9 Å². The predicted octanol–water partition coefficient (Wildman–Crippen LogP) is 3.92. The number of piperidine rings is 1. The zero-order valence-corrected chi connectivity index (χ0v) is 16.0. The number of benzene rings is 1. The highest BCUT2D eigenvalue weighted by Crippen LogP contribution is 2.18. The summed E-state index contributed by atoms with van der Waals surface area (Å²) in [6.07, 6.45) is 1.51. The van der Waals surface area contributed by atoms with Crippen LogP contribution in [-0.4, -0.2) is 35.7 Å². The lowest BCUT2D eigenvalue weighted by molar-refractivity contribution is 0.0470. The fraction of sp³-hybridized carbons (Fsp3) is 0.588. The Morgan fingerprint density at radius 2 is 2.22 bits per heavy atom. The molecule has 0 radical (unpaired) electrons.